The van der Waals surface area contributed by atoms with Crippen molar-refractivity contribution in [2.45, 2.75) is 39.5 Å². The second-order valence-electron chi connectivity index (χ2n) is 7.90. The van der Waals surface area contributed by atoms with Gasteiger partial charge in [0.2, 0.25) is 5.95 Å². The summed E-state index contributed by atoms with van der Waals surface area (Å²) in [5.41, 5.74) is 4.01. The van der Waals surface area contributed by atoms with Gasteiger partial charge in [-0.3, -0.25) is 4.90 Å². The molecule has 4 rings (SSSR count). The monoisotopic (exact) mass is 379 g/mol. The predicted molar refractivity (Wildman–Crippen MR) is 112 cm³/mol. The molecular weight excluding hydrogens is 350 g/mol. The van der Waals surface area contributed by atoms with Gasteiger partial charge in [0.15, 0.2) is 11.5 Å². The summed E-state index contributed by atoms with van der Waals surface area (Å²) in [5, 5.41) is 0. The van der Waals surface area contributed by atoms with Crippen molar-refractivity contribution in [2.24, 2.45) is 0 Å². The van der Waals surface area contributed by atoms with Crippen molar-refractivity contribution in [2.75, 3.05) is 37.6 Å². The van der Waals surface area contributed by atoms with Gasteiger partial charge in [0.1, 0.15) is 5.52 Å². The summed E-state index contributed by atoms with van der Waals surface area (Å²) in [6.07, 6.45) is 1.94. The van der Waals surface area contributed by atoms with Crippen molar-refractivity contribution in [3.05, 3.63) is 47.6 Å². The zero-order valence-electron chi connectivity index (χ0n) is 17.1. The number of para-hydroxylation sites is 2. The van der Waals surface area contributed by atoms with Gasteiger partial charge in [0.25, 0.3) is 0 Å². The van der Waals surface area contributed by atoms with Gasteiger partial charge in [-0.1, -0.05) is 26.0 Å². The number of rotatable bonds is 6. The van der Waals surface area contributed by atoms with Crippen LogP contribution in [0.4, 0.5) is 5.95 Å². The van der Waals surface area contributed by atoms with E-state index in [1.165, 1.54) is 0 Å². The first kappa shape index (κ1) is 18.9. The van der Waals surface area contributed by atoms with Crippen molar-refractivity contribution in [1.29, 1.82) is 0 Å². The van der Waals surface area contributed by atoms with Gasteiger partial charge in [-0.05, 0) is 44.0 Å². The van der Waals surface area contributed by atoms with E-state index in [-0.39, 0.29) is 0 Å². The standard InChI is InChI=1S/C22H29N5O/c1-16(2)19-15-17(3)23-22(25-19)27-13-11-26(12-14-27)10-6-9-21-24-18-7-4-5-8-20(18)28-21/h4-5,7-8,15-16H,6,9-14H2,1-3H3. The molecule has 1 saturated heterocycles. The highest BCUT2D eigenvalue weighted by atomic mass is 16.3. The van der Waals surface area contributed by atoms with Crippen LogP contribution in [0.2, 0.25) is 0 Å². The molecule has 3 aromatic rings. The van der Waals surface area contributed by atoms with Gasteiger partial charge in [0, 0.05) is 44.0 Å². The molecule has 3 heterocycles. The third kappa shape index (κ3) is 4.33. The number of piperazine rings is 1. The number of hydrogen-bond donors (Lipinski definition) is 0. The van der Waals surface area contributed by atoms with E-state index in [2.05, 4.69) is 46.6 Å². The van der Waals surface area contributed by atoms with Gasteiger partial charge in [-0.25, -0.2) is 15.0 Å². The van der Waals surface area contributed by atoms with E-state index in [0.717, 1.165) is 79.9 Å². The number of aromatic nitrogens is 3. The van der Waals surface area contributed by atoms with Crippen LogP contribution in [0, 0.1) is 6.92 Å². The zero-order valence-corrected chi connectivity index (χ0v) is 17.1. The quantitative estimate of drug-likeness (QED) is 0.649. The molecule has 6 nitrogen and oxygen atoms in total. The molecule has 0 amide bonds. The molecule has 1 aliphatic heterocycles. The third-order valence-corrected chi connectivity index (χ3v) is 5.31. The van der Waals surface area contributed by atoms with Crippen molar-refractivity contribution in [1.82, 2.24) is 19.9 Å². The first-order valence-electron chi connectivity index (χ1n) is 10.3. The van der Waals surface area contributed by atoms with Crippen molar-refractivity contribution in [3.63, 3.8) is 0 Å². The summed E-state index contributed by atoms with van der Waals surface area (Å²) in [6, 6.07) is 10.0. The average molecular weight is 380 g/mol. The lowest BCUT2D eigenvalue weighted by Crippen LogP contribution is -2.47. The summed E-state index contributed by atoms with van der Waals surface area (Å²) in [5.74, 6) is 2.15. The number of hydrogen-bond acceptors (Lipinski definition) is 6. The molecule has 28 heavy (non-hydrogen) atoms. The minimum Gasteiger partial charge on any atom is -0.441 e. The fourth-order valence-electron chi connectivity index (χ4n) is 3.67. The molecule has 1 fully saturated rings. The Bertz CT molecular complexity index is 895. The minimum absolute atomic E-state index is 0.425. The van der Waals surface area contributed by atoms with E-state index >= 15 is 0 Å². The first-order valence-corrected chi connectivity index (χ1v) is 10.3. The molecule has 0 unspecified atom stereocenters. The Morgan fingerprint density at radius 1 is 1.04 bits per heavy atom. The van der Waals surface area contributed by atoms with Crippen molar-refractivity contribution >= 4 is 17.0 Å². The van der Waals surface area contributed by atoms with Crippen LogP contribution in [-0.4, -0.2) is 52.6 Å². The third-order valence-electron chi connectivity index (χ3n) is 5.31. The second-order valence-corrected chi connectivity index (χ2v) is 7.90. The van der Waals surface area contributed by atoms with E-state index in [1.54, 1.807) is 0 Å². The fraction of sp³-hybridized carbons (Fsp3) is 0.500. The number of fused-ring (bicyclic) bond motifs is 1. The maximum absolute atomic E-state index is 5.82. The van der Waals surface area contributed by atoms with E-state index in [0.29, 0.717) is 5.92 Å². The Morgan fingerprint density at radius 3 is 2.57 bits per heavy atom. The number of benzene rings is 1. The lowest BCUT2D eigenvalue weighted by Gasteiger charge is -2.35. The lowest BCUT2D eigenvalue weighted by atomic mass is 10.1. The fourth-order valence-corrected chi connectivity index (χ4v) is 3.67. The Balaban J connectivity index is 1.27. The van der Waals surface area contributed by atoms with Crippen LogP contribution in [0.5, 0.6) is 0 Å². The summed E-state index contributed by atoms with van der Waals surface area (Å²) in [7, 11) is 0. The first-order chi connectivity index (χ1) is 13.6. The molecule has 0 bridgehead atoms. The Morgan fingerprint density at radius 2 is 1.82 bits per heavy atom. The van der Waals surface area contributed by atoms with Crippen molar-refractivity contribution < 1.29 is 4.42 Å². The van der Waals surface area contributed by atoms with Gasteiger partial charge < -0.3 is 9.32 Å². The second kappa shape index (κ2) is 8.27. The van der Waals surface area contributed by atoms with Gasteiger partial charge >= 0.3 is 0 Å². The maximum Gasteiger partial charge on any atom is 0.225 e. The molecule has 1 aliphatic rings. The number of aryl methyl sites for hydroxylation is 2. The van der Waals surface area contributed by atoms with Gasteiger partial charge in [-0.2, -0.15) is 0 Å². The number of nitrogens with zero attached hydrogens (tertiary/aromatic N) is 5. The molecule has 6 heteroatoms. The van der Waals surface area contributed by atoms with E-state index in [1.807, 2.05) is 24.3 Å². The van der Waals surface area contributed by atoms with Crippen LogP contribution in [-0.2, 0) is 6.42 Å². The largest absolute Gasteiger partial charge is 0.441 e. The summed E-state index contributed by atoms with van der Waals surface area (Å²) < 4.78 is 5.82. The molecule has 0 aliphatic carbocycles. The lowest BCUT2D eigenvalue weighted by molar-refractivity contribution is 0.251. The SMILES string of the molecule is Cc1cc(C(C)C)nc(N2CCN(CCCc3nc4ccccc4o3)CC2)n1. The van der Waals surface area contributed by atoms with Crippen molar-refractivity contribution in [3.8, 4) is 0 Å². The maximum atomic E-state index is 5.82. The molecular formula is C22H29N5O. The van der Waals surface area contributed by atoms with E-state index in [9.17, 15) is 0 Å². The normalized spacial score (nSPS) is 15.6. The highest BCUT2D eigenvalue weighted by Crippen LogP contribution is 2.19. The number of oxazole rings is 1. The highest BCUT2D eigenvalue weighted by Gasteiger charge is 2.20. The smallest absolute Gasteiger partial charge is 0.225 e. The van der Waals surface area contributed by atoms with Crippen LogP contribution in [0.1, 0.15) is 43.5 Å². The van der Waals surface area contributed by atoms with Crippen LogP contribution in [0.3, 0.4) is 0 Å². The topological polar surface area (TPSA) is 58.3 Å². The van der Waals surface area contributed by atoms with Gasteiger partial charge in [0.05, 0.1) is 0 Å². The average Bonchev–Trinajstić information content (AvgIpc) is 3.11. The molecule has 0 atom stereocenters. The summed E-state index contributed by atoms with van der Waals surface area (Å²) >= 11 is 0. The van der Waals surface area contributed by atoms with Gasteiger partial charge in [-0.15, -0.1) is 0 Å². The Labute approximate surface area is 166 Å². The van der Waals surface area contributed by atoms with Crippen LogP contribution in [0.15, 0.2) is 34.7 Å². The molecule has 0 N–H and O–H groups in total. The Hall–Kier alpha value is -2.47. The molecule has 0 radical (unpaired) electrons. The number of anilines is 1. The molecule has 0 saturated carbocycles. The summed E-state index contributed by atoms with van der Waals surface area (Å²) in [4.78, 5) is 18.8. The van der Waals surface area contributed by atoms with E-state index < -0.39 is 0 Å². The zero-order chi connectivity index (χ0) is 19.5. The molecule has 2 aromatic heterocycles. The van der Waals surface area contributed by atoms with Crippen LogP contribution >= 0.6 is 0 Å². The minimum atomic E-state index is 0.425. The Kier molecular flexibility index (Phi) is 5.57. The molecule has 1 aromatic carbocycles. The highest BCUT2D eigenvalue weighted by molar-refractivity contribution is 5.72. The van der Waals surface area contributed by atoms with Crippen LogP contribution < -0.4 is 4.90 Å². The molecule has 148 valence electrons. The molecule has 0 spiro atoms. The van der Waals surface area contributed by atoms with Crippen LogP contribution in [0.25, 0.3) is 11.1 Å². The predicted octanol–water partition coefficient (Wildman–Crippen LogP) is 3.80. The summed E-state index contributed by atoms with van der Waals surface area (Å²) in [6.45, 7) is 11.5. The van der Waals surface area contributed by atoms with E-state index in [4.69, 9.17) is 9.40 Å².